The van der Waals surface area contributed by atoms with Crippen LogP contribution in [0.1, 0.15) is 11.4 Å². The SMILES string of the molecule is Cc1nc(Cl)c(Nc2cc(Br)ccc2F)nc1C. The van der Waals surface area contributed by atoms with Crippen molar-refractivity contribution in [1.29, 1.82) is 0 Å². The fraction of sp³-hybridized carbons (Fsp3) is 0.167. The standard InChI is InChI=1S/C12H10BrClFN3/c1-6-7(2)17-12(11(14)16-6)18-10-5-8(13)3-4-9(10)15/h3-5H,1-2H3,(H,17,18). The van der Waals surface area contributed by atoms with Crippen molar-refractivity contribution in [2.45, 2.75) is 13.8 Å². The summed E-state index contributed by atoms with van der Waals surface area (Å²) in [5.74, 6) is -0.0361. The van der Waals surface area contributed by atoms with Crippen LogP contribution in [0.25, 0.3) is 0 Å². The number of nitrogens with zero attached hydrogens (tertiary/aromatic N) is 2. The number of rotatable bonds is 2. The fourth-order valence-electron chi connectivity index (χ4n) is 1.38. The van der Waals surface area contributed by atoms with Crippen LogP contribution in [-0.2, 0) is 0 Å². The van der Waals surface area contributed by atoms with E-state index in [4.69, 9.17) is 11.6 Å². The number of benzene rings is 1. The first kappa shape index (κ1) is 13.2. The van der Waals surface area contributed by atoms with Crippen molar-refractivity contribution in [3.05, 3.63) is 45.0 Å². The zero-order valence-corrected chi connectivity index (χ0v) is 12.1. The molecule has 0 fully saturated rings. The van der Waals surface area contributed by atoms with Crippen molar-refractivity contribution in [2.24, 2.45) is 0 Å². The summed E-state index contributed by atoms with van der Waals surface area (Å²) in [6.45, 7) is 3.64. The Hall–Kier alpha value is -1.20. The molecule has 0 saturated carbocycles. The Balaban J connectivity index is 2.40. The molecule has 1 N–H and O–H groups in total. The second-order valence-corrected chi connectivity index (χ2v) is 5.06. The lowest BCUT2D eigenvalue weighted by Gasteiger charge is -2.10. The van der Waals surface area contributed by atoms with Crippen molar-refractivity contribution in [3.8, 4) is 0 Å². The van der Waals surface area contributed by atoms with Gasteiger partial charge >= 0.3 is 0 Å². The van der Waals surface area contributed by atoms with Crippen LogP contribution in [0, 0.1) is 19.7 Å². The second-order valence-electron chi connectivity index (χ2n) is 3.78. The molecule has 0 bridgehead atoms. The van der Waals surface area contributed by atoms with Crippen LogP contribution in [-0.4, -0.2) is 9.97 Å². The number of hydrogen-bond acceptors (Lipinski definition) is 3. The van der Waals surface area contributed by atoms with E-state index in [1.807, 2.05) is 13.8 Å². The Kier molecular flexibility index (Phi) is 3.82. The molecule has 2 rings (SSSR count). The average Bonchev–Trinajstić information content (AvgIpc) is 2.30. The van der Waals surface area contributed by atoms with E-state index < -0.39 is 0 Å². The van der Waals surface area contributed by atoms with Crippen molar-refractivity contribution >= 4 is 39.0 Å². The Labute approximate surface area is 118 Å². The Morgan fingerprint density at radius 1 is 1.22 bits per heavy atom. The van der Waals surface area contributed by atoms with Gasteiger partial charge in [-0.05, 0) is 32.0 Å². The number of nitrogens with one attached hydrogen (secondary N) is 1. The lowest BCUT2D eigenvalue weighted by atomic mass is 10.3. The highest BCUT2D eigenvalue weighted by Gasteiger charge is 2.10. The summed E-state index contributed by atoms with van der Waals surface area (Å²) in [5, 5.41) is 3.06. The predicted molar refractivity (Wildman–Crippen MR) is 73.9 cm³/mol. The largest absolute Gasteiger partial charge is 0.335 e. The van der Waals surface area contributed by atoms with Gasteiger partial charge in [-0.2, -0.15) is 0 Å². The summed E-state index contributed by atoms with van der Waals surface area (Å²) < 4.78 is 14.4. The first-order valence-corrected chi connectivity index (χ1v) is 6.37. The quantitative estimate of drug-likeness (QED) is 0.887. The zero-order chi connectivity index (χ0) is 13.3. The van der Waals surface area contributed by atoms with E-state index in [2.05, 4.69) is 31.2 Å². The smallest absolute Gasteiger partial charge is 0.172 e. The Morgan fingerprint density at radius 3 is 2.61 bits per heavy atom. The van der Waals surface area contributed by atoms with Gasteiger partial charge in [-0.1, -0.05) is 27.5 Å². The maximum Gasteiger partial charge on any atom is 0.172 e. The van der Waals surface area contributed by atoms with Crippen molar-refractivity contribution < 1.29 is 4.39 Å². The van der Waals surface area contributed by atoms with E-state index in [-0.39, 0.29) is 11.0 Å². The van der Waals surface area contributed by atoms with Gasteiger partial charge in [-0.25, -0.2) is 14.4 Å². The monoisotopic (exact) mass is 329 g/mol. The number of aromatic nitrogens is 2. The van der Waals surface area contributed by atoms with Crippen LogP contribution in [0.2, 0.25) is 5.15 Å². The normalized spacial score (nSPS) is 10.5. The highest BCUT2D eigenvalue weighted by Crippen LogP contribution is 2.26. The molecule has 1 aromatic carbocycles. The predicted octanol–water partition coefficient (Wildman–Crippen LogP) is 4.39. The summed E-state index contributed by atoms with van der Waals surface area (Å²) in [7, 11) is 0. The molecule has 0 unspecified atom stereocenters. The van der Waals surface area contributed by atoms with Crippen molar-refractivity contribution in [2.75, 3.05) is 5.32 Å². The molecule has 94 valence electrons. The molecule has 0 aliphatic rings. The molecule has 0 atom stereocenters. The van der Waals surface area contributed by atoms with Crippen molar-refractivity contribution in [3.63, 3.8) is 0 Å². The van der Waals surface area contributed by atoms with Gasteiger partial charge in [-0.3, -0.25) is 0 Å². The van der Waals surface area contributed by atoms with Gasteiger partial charge in [0, 0.05) is 4.47 Å². The zero-order valence-electron chi connectivity index (χ0n) is 9.76. The van der Waals surface area contributed by atoms with Gasteiger partial charge in [0.2, 0.25) is 0 Å². The Bertz CT molecular complexity index is 604. The second kappa shape index (κ2) is 5.20. The highest BCUT2D eigenvalue weighted by molar-refractivity contribution is 9.10. The molecule has 0 radical (unpaired) electrons. The number of aryl methyl sites for hydroxylation is 2. The molecule has 0 amide bonds. The maximum atomic E-state index is 13.6. The van der Waals surface area contributed by atoms with E-state index in [9.17, 15) is 4.39 Å². The third kappa shape index (κ3) is 2.79. The fourth-order valence-corrected chi connectivity index (χ4v) is 1.95. The first-order valence-electron chi connectivity index (χ1n) is 5.20. The summed E-state index contributed by atoms with van der Waals surface area (Å²) in [6, 6.07) is 4.59. The lowest BCUT2D eigenvalue weighted by molar-refractivity contribution is 0.631. The van der Waals surface area contributed by atoms with Crippen LogP contribution < -0.4 is 5.32 Å². The van der Waals surface area contributed by atoms with Crippen LogP contribution >= 0.6 is 27.5 Å². The van der Waals surface area contributed by atoms with Gasteiger partial charge in [0.25, 0.3) is 0 Å². The molecule has 1 heterocycles. The summed E-state index contributed by atoms with van der Waals surface area (Å²) in [6.07, 6.45) is 0. The third-order valence-electron chi connectivity index (χ3n) is 2.45. The molecule has 18 heavy (non-hydrogen) atoms. The summed E-state index contributed by atoms with van der Waals surface area (Å²) in [4.78, 5) is 8.38. The number of halogens is 3. The maximum absolute atomic E-state index is 13.6. The van der Waals surface area contributed by atoms with Crippen LogP contribution in [0.3, 0.4) is 0 Å². The Morgan fingerprint density at radius 2 is 1.89 bits per heavy atom. The van der Waals surface area contributed by atoms with Gasteiger partial charge in [0.05, 0.1) is 17.1 Å². The molecule has 0 aliphatic heterocycles. The molecular formula is C12H10BrClFN3. The average molecular weight is 331 g/mol. The molecule has 1 aromatic heterocycles. The van der Waals surface area contributed by atoms with Crippen LogP contribution in [0.4, 0.5) is 15.9 Å². The van der Waals surface area contributed by atoms with E-state index in [1.54, 1.807) is 12.1 Å². The van der Waals surface area contributed by atoms with Crippen LogP contribution in [0.5, 0.6) is 0 Å². The molecule has 3 nitrogen and oxygen atoms in total. The third-order valence-corrected chi connectivity index (χ3v) is 3.20. The molecule has 2 aromatic rings. The van der Waals surface area contributed by atoms with E-state index in [1.165, 1.54) is 6.07 Å². The lowest BCUT2D eigenvalue weighted by Crippen LogP contribution is -2.02. The van der Waals surface area contributed by atoms with Crippen LogP contribution in [0.15, 0.2) is 22.7 Å². The molecular weight excluding hydrogens is 321 g/mol. The van der Waals surface area contributed by atoms with E-state index in [0.29, 0.717) is 11.5 Å². The van der Waals surface area contributed by atoms with Gasteiger partial charge in [0.1, 0.15) is 5.82 Å². The van der Waals surface area contributed by atoms with Gasteiger partial charge in [-0.15, -0.1) is 0 Å². The van der Waals surface area contributed by atoms with Crippen molar-refractivity contribution in [1.82, 2.24) is 9.97 Å². The van der Waals surface area contributed by atoms with Gasteiger partial charge in [0.15, 0.2) is 11.0 Å². The molecule has 0 saturated heterocycles. The summed E-state index contributed by atoms with van der Waals surface area (Å²) in [5.41, 5.74) is 1.79. The first-order chi connectivity index (χ1) is 8.47. The van der Waals surface area contributed by atoms with E-state index in [0.717, 1.165) is 15.9 Å². The van der Waals surface area contributed by atoms with E-state index >= 15 is 0 Å². The minimum Gasteiger partial charge on any atom is -0.335 e. The topological polar surface area (TPSA) is 37.8 Å². The highest BCUT2D eigenvalue weighted by atomic mass is 79.9. The van der Waals surface area contributed by atoms with Gasteiger partial charge < -0.3 is 5.32 Å². The summed E-state index contributed by atoms with van der Waals surface area (Å²) >= 11 is 9.25. The number of hydrogen-bond donors (Lipinski definition) is 1. The minimum atomic E-state index is -0.380. The molecule has 0 spiro atoms. The minimum absolute atomic E-state index is 0.220. The molecule has 6 heteroatoms. The molecule has 0 aliphatic carbocycles. The number of anilines is 2.